The molecule has 0 bridgehead atoms. The quantitative estimate of drug-likeness (QED) is 0.750. The zero-order valence-corrected chi connectivity index (χ0v) is 18.1. The van der Waals surface area contributed by atoms with Crippen molar-refractivity contribution in [1.82, 2.24) is 10.2 Å². The fourth-order valence-electron chi connectivity index (χ4n) is 3.64. The number of fused-ring (bicyclic) bond motifs is 1. The number of carbonyl (C=O) groups excluding carboxylic acids is 3. The van der Waals surface area contributed by atoms with Crippen LogP contribution in [0.3, 0.4) is 0 Å². The van der Waals surface area contributed by atoms with E-state index in [2.05, 4.69) is 15.5 Å². The SMILES string of the molecule is CC(C)(C)OC(=O)NC1CN(CC2CN(c3ccc4c(c3)NC(=O)CS4)C(=O)O2)C1. The Morgan fingerprint density at radius 2 is 2.07 bits per heavy atom. The summed E-state index contributed by atoms with van der Waals surface area (Å²) >= 11 is 1.48. The van der Waals surface area contributed by atoms with Crippen molar-refractivity contribution in [1.29, 1.82) is 0 Å². The molecule has 0 aromatic heterocycles. The summed E-state index contributed by atoms with van der Waals surface area (Å²) in [4.78, 5) is 40.5. The molecule has 162 valence electrons. The van der Waals surface area contributed by atoms with Crippen LogP contribution >= 0.6 is 11.8 Å². The van der Waals surface area contributed by atoms with Crippen LogP contribution in [0, 0.1) is 0 Å². The molecule has 2 saturated heterocycles. The summed E-state index contributed by atoms with van der Waals surface area (Å²) in [5.41, 5.74) is 0.911. The van der Waals surface area contributed by atoms with Gasteiger partial charge in [-0.05, 0) is 39.0 Å². The van der Waals surface area contributed by atoms with Crippen molar-refractivity contribution in [3.05, 3.63) is 18.2 Å². The van der Waals surface area contributed by atoms with Gasteiger partial charge in [-0.2, -0.15) is 0 Å². The average molecular weight is 435 g/mol. The topological polar surface area (TPSA) is 100 Å². The number of thioether (sulfide) groups is 1. The molecule has 4 rings (SSSR count). The van der Waals surface area contributed by atoms with Crippen molar-refractivity contribution in [2.24, 2.45) is 0 Å². The summed E-state index contributed by atoms with van der Waals surface area (Å²) in [5, 5.41) is 5.69. The highest BCUT2D eigenvalue weighted by Gasteiger charge is 2.37. The number of nitrogens with one attached hydrogen (secondary N) is 2. The largest absolute Gasteiger partial charge is 0.444 e. The molecule has 3 amide bonds. The maximum absolute atomic E-state index is 12.4. The van der Waals surface area contributed by atoms with Crippen LogP contribution in [0.5, 0.6) is 0 Å². The zero-order valence-electron chi connectivity index (χ0n) is 17.3. The van der Waals surface area contributed by atoms with E-state index in [0.717, 1.165) is 10.6 Å². The predicted octanol–water partition coefficient (Wildman–Crippen LogP) is 2.26. The van der Waals surface area contributed by atoms with Gasteiger partial charge in [-0.1, -0.05) is 0 Å². The lowest BCUT2D eigenvalue weighted by atomic mass is 10.1. The number of amides is 3. The fraction of sp³-hybridized carbons (Fsp3) is 0.550. The van der Waals surface area contributed by atoms with E-state index in [1.54, 1.807) is 4.90 Å². The Labute approximate surface area is 179 Å². The number of likely N-dealkylation sites (tertiary alicyclic amines) is 1. The Hall–Kier alpha value is -2.46. The third-order valence-electron chi connectivity index (χ3n) is 4.92. The zero-order chi connectivity index (χ0) is 21.5. The Bertz CT molecular complexity index is 865. The molecule has 10 heteroatoms. The van der Waals surface area contributed by atoms with Gasteiger partial charge in [0, 0.05) is 30.2 Å². The van der Waals surface area contributed by atoms with Crippen LogP contribution in [-0.4, -0.2) is 72.7 Å². The van der Waals surface area contributed by atoms with Crippen LogP contribution in [0.4, 0.5) is 21.0 Å². The lowest BCUT2D eigenvalue weighted by Crippen LogP contribution is -2.61. The summed E-state index contributed by atoms with van der Waals surface area (Å²) in [7, 11) is 0. The Morgan fingerprint density at radius 1 is 1.30 bits per heavy atom. The van der Waals surface area contributed by atoms with E-state index in [9.17, 15) is 14.4 Å². The molecule has 0 aliphatic carbocycles. The summed E-state index contributed by atoms with van der Waals surface area (Å²) < 4.78 is 10.8. The second-order valence-corrected chi connectivity index (χ2v) is 9.71. The molecular formula is C20H26N4O5S. The highest BCUT2D eigenvalue weighted by Crippen LogP contribution is 2.35. The van der Waals surface area contributed by atoms with Gasteiger partial charge in [0.15, 0.2) is 0 Å². The highest BCUT2D eigenvalue weighted by molar-refractivity contribution is 8.00. The van der Waals surface area contributed by atoms with Crippen molar-refractivity contribution < 1.29 is 23.9 Å². The third-order valence-corrected chi connectivity index (χ3v) is 6.00. The van der Waals surface area contributed by atoms with Crippen molar-refractivity contribution in [2.45, 2.75) is 43.4 Å². The minimum absolute atomic E-state index is 0.0369. The van der Waals surface area contributed by atoms with Gasteiger partial charge >= 0.3 is 12.2 Å². The van der Waals surface area contributed by atoms with E-state index in [1.165, 1.54) is 11.8 Å². The maximum atomic E-state index is 12.4. The number of rotatable bonds is 4. The molecule has 2 N–H and O–H groups in total. The van der Waals surface area contributed by atoms with E-state index >= 15 is 0 Å². The third kappa shape index (κ3) is 4.81. The molecule has 3 heterocycles. The Kier molecular flexibility index (Phi) is 5.54. The van der Waals surface area contributed by atoms with Crippen LogP contribution in [0.1, 0.15) is 20.8 Å². The molecule has 1 aromatic rings. The molecule has 0 spiro atoms. The first kappa shape index (κ1) is 20.8. The molecule has 1 unspecified atom stereocenters. The van der Waals surface area contributed by atoms with Gasteiger partial charge < -0.3 is 20.1 Å². The number of nitrogens with zero attached hydrogens (tertiary/aromatic N) is 2. The van der Waals surface area contributed by atoms with E-state index < -0.39 is 17.8 Å². The van der Waals surface area contributed by atoms with Crippen molar-refractivity contribution in [3.8, 4) is 0 Å². The van der Waals surface area contributed by atoms with Crippen molar-refractivity contribution in [2.75, 3.05) is 42.1 Å². The molecular weight excluding hydrogens is 408 g/mol. The number of carbonyl (C=O) groups is 3. The van der Waals surface area contributed by atoms with Crippen molar-refractivity contribution in [3.63, 3.8) is 0 Å². The van der Waals surface area contributed by atoms with Crippen LogP contribution in [0.15, 0.2) is 23.1 Å². The number of anilines is 2. The van der Waals surface area contributed by atoms with Crippen LogP contribution in [0.25, 0.3) is 0 Å². The molecule has 0 radical (unpaired) electrons. The normalized spacial score (nSPS) is 22.1. The van der Waals surface area contributed by atoms with E-state index in [-0.39, 0.29) is 18.1 Å². The lowest BCUT2D eigenvalue weighted by molar-refractivity contribution is -0.113. The number of hydrogen-bond acceptors (Lipinski definition) is 7. The van der Waals surface area contributed by atoms with Gasteiger partial charge in [0.05, 0.1) is 24.0 Å². The molecule has 30 heavy (non-hydrogen) atoms. The summed E-state index contributed by atoms with van der Waals surface area (Å²) in [6.07, 6.45) is -1.05. The summed E-state index contributed by atoms with van der Waals surface area (Å²) in [6.45, 7) is 7.91. The van der Waals surface area contributed by atoms with Gasteiger partial charge in [-0.3, -0.25) is 14.6 Å². The predicted molar refractivity (Wildman–Crippen MR) is 113 cm³/mol. The van der Waals surface area contributed by atoms with E-state index in [4.69, 9.17) is 9.47 Å². The monoisotopic (exact) mass is 434 g/mol. The molecule has 9 nitrogen and oxygen atoms in total. The minimum Gasteiger partial charge on any atom is -0.444 e. The maximum Gasteiger partial charge on any atom is 0.414 e. The number of cyclic esters (lactones) is 1. The number of ether oxygens (including phenoxy) is 2. The Morgan fingerprint density at radius 3 is 2.80 bits per heavy atom. The van der Waals surface area contributed by atoms with Gasteiger partial charge in [0.2, 0.25) is 5.91 Å². The highest BCUT2D eigenvalue weighted by atomic mass is 32.2. The van der Waals surface area contributed by atoms with Crippen LogP contribution in [-0.2, 0) is 14.3 Å². The second kappa shape index (κ2) is 7.99. The van der Waals surface area contributed by atoms with Gasteiger partial charge in [0.25, 0.3) is 0 Å². The minimum atomic E-state index is -0.521. The number of alkyl carbamates (subject to hydrolysis) is 1. The number of benzene rings is 1. The number of hydrogen-bond donors (Lipinski definition) is 2. The Balaban J connectivity index is 1.27. The second-order valence-electron chi connectivity index (χ2n) is 8.70. The van der Waals surface area contributed by atoms with E-state index in [1.807, 2.05) is 39.0 Å². The molecule has 1 aromatic carbocycles. The van der Waals surface area contributed by atoms with Gasteiger partial charge in [-0.25, -0.2) is 9.59 Å². The molecule has 3 aliphatic rings. The summed E-state index contributed by atoms with van der Waals surface area (Å²) in [5.74, 6) is 0.360. The fourth-order valence-corrected chi connectivity index (χ4v) is 4.43. The van der Waals surface area contributed by atoms with Crippen LogP contribution in [0.2, 0.25) is 0 Å². The first-order valence-electron chi connectivity index (χ1n) is 9.93. The van der Waals surface area contributed by atoms with Crippen LogP contribution < -0.4 is 15.5 Å². The van der Waals surface area contributed by atoms with Crippen molar-refractivity contribution >= 4 is 41.2 Å². The smallest absolute Gasteiger partial charge is 0.414 e. The molecule has 1 atom stereocenters. The molecule has 3 aliphatic heterocycles. The van der Waals surface area contributed by atoms with Gasteiger partial charge in [0.1, 0.15) is 11.7 Å². The first-order chi connectivity index (χ1) is 14.2. The lowest BCUT2D eigenvalue weighted by Gasteiger charge is -2.40. The standard InChI is InChI=1S/C20H26N4O5S/c1-20(2,3)29-18(26)21-12-7-23(8-12)9-14-10-24(19(27)28-14)13-4-5-16-15(6-13)22-17(25)11-30-16/h4-6,12,14H,7-11H2,1-3H3,(H,21,26)(H,22,25). The first-order valence-corrected chi connectivity index (χ1v) is 10.9. The van der Waals surface area contributed by atoms with Gasteiger partial charge in [-0.15, -0.1) is 11.8 Å². The van der Waals surface area contributed by atoms with E-state index in [0.29, 0.717) is 37.6 Å². The molecule has 2 fully saturated rings. The molecule has 0 saturated carbocycles. The summed E-state index contributed by atoms with van der Waals surface area (Å²) in [6, 6.07) is 5.64. The average Bonchev–Trinajstić information content (AvgIpc) is 2.98.